The van der Waals surface area contributed by atoms with Gasteiger partial charge in [0.25, 0.3) is 0 Å². The molecule has 3 nitrogen and oxygen atoms in total. The Kier molecular flexibility index (Phi) is 19.8. The van der Waals surface area contributed by atoms with Gasteiger partial charge in [0.2, 0.25) is 0 Å². The highest BCUT2D eigenvalue weighted by Crippen LogP contribution is 2.11. The van der Waals surface area contributed by atoms with Crippen LogP contribution >= 0.6 is 0 Å². The first-order valence-electron chi connectivity index (χ1n) is 13.2. The molecule has 1 heterocycles. The molecule has 32 heavy (non-hydrogen) atoms. The average Bonchev–Trinajstić information content (AvgIpc) is 3.21. The van der Waals surface area contributed by atoms with Gasteiger partial charge >= 0.3 is 6.16 Å². The molecule has 182 valence electrons. The minimum atomic E-state index is -0.549. The highest BCUT2D eigenvalue weighted by molar-refractivity contribution is 5.62. The molecule has 0 N–H and O–H groups in total. The maximum atomic E-state index is 10.8. The minimum Gasteiger partial charge on any atom is -0.430 e. The van der Waals surface area contributed by atoms with Gasteiger partial charge in [0.1, 0.15) is 6.61 Å². The van der Waals surface area contributed by atoms with Gasteiger partial charge in [-0.15, -0.1) is 6.58 Å². The van der Waals surface area contributed by atoms with Gasteiger partial charge in [0, 0.05) is 0 Å². The molecule has 0 aromatic carbocycles. The van der Waals surface area contributed by atoms with Crippen molar-refractivity contribution in [3.63, 3.8) is 0 Å². The van der Waals surface area contributed by atoms with E-state index >= 15 is 0 Å². The standard InChI is InChI=1S/C29H48O3/c1-2-3-4-5-6-7-8-9-10-11-12-13-14-15-16-17-18-19-20-21-22-23-24-25-26-28-27-31-29(30)32-28/h2,9-10,17-18,25-26,28H,1,3-8,11-16,19-24,27H2/b10-9+,18-17+,26-25+. The molecule has 0 aromatic heterocycles. The van der Waals surface area contributed by atoms with Crippen LogP contribution in [0.3, 0.4) is 0 Å². The highest BCUT2D eigenvalue weighted by atomic mass is 16.8. The zero-order chi connectivity index (χ0) is 23.0. The number of carbonyl (C=O) groups is 1. The van der Waals surface area contributed by atoms with Crippen molar-refractivity contribution >= 4 is 6.16 Å². The van der Waals surface area contributed by atoms with E-state index in [4.69, 9.17) is 9.47 Å². The fourth-order valence-corrected chi connectivity index (χ4v) is 3.82. The second kappa shape index (κ2) is 22.4. The lowest BCUT2D eigenvalue weighted by Crippen LogP contribution is -2.04. The van der Waals surface area contributed by atoms with Crippen LogP contribution in [0.25, 0.3) is 0 Å². The molecule has 0 amide bonds. The molecule has 0 saturated carbocycles. The smallest absolute Gasteiger partial charge is 0.430 e. The van der Waals surface area contributed by atoms with Crippen LogP contribution in [-0.4, -0.2) is 18.9 Å². The summed E-state index contributed by atoms with van der Waals surface area (Å²) >= 11 is 0. The number of unbranched alkanes of at least 4 members (excludes halogenated alkanes) is 15. The van der Waals surface area contributed by atoms with Crippen molar-refractivity contribution in [1.82, 2.24) is 0 Å². The number of hydrogen-bond acceptors (Lipinski definition) is 3. The van der Waals surface area contributed by atoms with E-state index in [0.717, 1.165) is 6.42 Å². The van der Waals surface area contributed by atoms with Gasteiger partial charge in [0.05, 0.1) is 0 Å². The van der Waals surface area contributed by atoms with Crippen LogP contribution in [0.5, 0.6) is 0 Å². The van der Waals surface area contributed by atoms with Crippen LogP contribution < -0.4 is 0 Å². The van der Waals surface area contributed by atoms with Crippen LogP contribution in [0.15, 0.2) is 49.1 Å². The van der Waals surface area contributed by atoms with Gasteiger partial charge in [0.15, 0.2) is 6.10 Å². The first-order valence-corrected chi connectivity index (χ1v) is 13.2. The molecule has 1 aliphatic rings. The van der Waals surface area contributed by atoms with Crippen molar-refractivity contribution < 1.29 is 14.3 Å². The molecule has 1 atom stereocenters. The van der Waals surface area contributed by atoms with Gasteiger partial charge in [-0.3, -0.25) is 0 Å². The third-order valence-electron chi connectivity index (χ3n) is 5.81. The normalized spacial score (nSPS) is 16.4. The molecule has 1 rings (SSSR count). The zero-order valence-electron chi connectivity index (χ0n) is 20.5. The molecule has 1 aliphatic heterocycles. The molecular formula is C29H48O3. The summed E-state index contributed by atoms with van der Waals surface area (Å²) in [6, 6.07) is 0. The fourth-order valence-electron chi connectivity index (χ4n) is 3.82. The molecule has 0 radical (unpaired) electrons. The van der Waals surface area contributed by atoms with Crippen molar-refractivity contribution in [2.24, 2.45) is 0 Å². The SMILES string of the molecule is C=CCCCCCC/C=C/CCCCCC/C=C/CCCCCC/C=C/C1COC(=O)O1. The fraction of sp³-hybridized carbons (Fsp3) is 0.690. The number of hydrogen-bond donors (Lipinski definition) is 0. The summed E-state index contributed by atoms with van der Waals surface area (Å²) in [5.41, 5.74) is 0. The number of cyclic esters (lactones) is 2. The van der Waals surface area contributed by atoms with E-state index in [9.17, 15) is 4.79 Å². The lowest BCUT2D eigenvalue weighted by Gasteiger charge is -1.99. The highest BCUT2D eigenvalue weighted by Gasteiger charge is 2.21. The second-order valence-electron chi connectivity index (χ2n) is 8.85. The Bertz CT molecular complexity index is 533. The number of allylic oxidation sites excluding steroid dienone is 6. The zero-order valence-corrected chi connectivity index (χ0v) is 20.5. The van der Waals surface area contributed by atoms with E-state index in [-0.39, 0.29) is 6.10 Å². The number of carbonyl (C=O) groups excluding carboxylic acids is 1. The molecule has 0 spiro atoms. The Morgan fingerprint density at radius 2 is 1.03 bits per heavy atom. The van der Waals surface area contributed by atoms with Crippen molar-refractivity contribution in [3.8, 4) is 0 Å². The molecular weight excluding hydrogens is 396 g/mol. The molecule has 0 bridgehead atoms. The maximum Gasteiger partial charge on any atom is 0.509 e. The van der Waals surface area contributed by atoms with E-state index < -0.39 is 6.16 Å². The third-order valence-corrected chi connectivity index (χ3v) is 5.81. The lowest BCUT2D eigenvalue weighted by atomic mass is 10.1. The molecule has 1 unspecified atom stereocenters. The van der Waals surface area contributed by atoms with Crippen molar-refractivity contribution in [3.05, 3.63) is 49.1 Å². The summed E-state index contributed by atoms with van der Waals surface area (Å²) < 4.78 is 9.70. The number of rotatable bonds is 22. The van der Waals surface area contributed by atoms with Crippen molar-refractivity contribution in [2.45, 2.75) is 122 Å². The molecule has 0 aromatic rings. The van der Waals surface area contributed by atoms with Gasteiger partial charge in [-0.05, 0) is 83.1 Å². The topological polar surface area (TPSA) is 35.5 Å². The van der Waals surface area contributed by atoms with Gasteiger partial charge in [-0.25, -0.2) is 4.79 Å². The van der Waals surface area contributed by atoms with Crippen LogP contribution in [0, 0.1) is 0 Å². The molecule has 3 heteroatoms. The minimum absolute atomic E-state index is 0.179. The molecule has 1 saturated heterocycles. The predicted octanol–water partition coefficient (Wildman–Crippen LogP) is 9.40. The van der Waals surface area contributed by atoms with E-state index in [2.05, 4.69) is 37.0 Å². The summed E-state index contributed by atoms with van der Waals surface area (Å²) in [6.07, 6.45) is 37.9. The van der Waals surface area contributed by atoms with E-state index in [1.807, 2.05) is 12.2 Å². The molecule has 0 aliphatic carbocycles. The number of ether oxygens (including phenoxy) is 2. The largest absolute Gasteiger partial charge is 0.509 e. The predicted molar refractivity (Wildman–Crippen MR) is 137 cm³/mol. The Morgan fingerprint density at radius 1 is 0.625 bits per heavy atom. The van der Waals surface area contributed by atoms with Gasteiger partial charge in [-0.2, -0.15) is 0 Å². The maximum absolute atomic E-state index is 10.8. The summed E-state index contributed by atoms with van der Waals surface area (Å²) in [6.45, 7) is 4.13. The first kappa shape index (κ1) is 28.3. The molecule has 1 fully saturated rings. The second-order valence-corrected chi connectivity index (χ2v) is 8.85. The quantitative estimate of drug-likeness (QED) is 0.0947. The van der Waals surface area contributed by atoms with Crippen LogP contribution in [-0.2, 0) is 9.47 Å². The Labute approximate surface area is 198 Å². The summed E-state index contributed by atoms with van der Waals surface area (Å²) in [5, 5.41) is 0. The Morgan fingerprint density at radius 3 is 1.41 bits per heavy atom. The Hall–Kier alpha value is -1.77. The average molecular weight is 445 g/mol. The first-order chi connectivity index (χ1) is 15.8. The van der Waals surface area contributed by atoms with Gasteiger partial charge in [-0.1, -0.05) is 75.0 Å². The summed E-state index contributed by atoms with van der Waals surface area (Å²) in [4.78, 5) is 10.8. The van der Waals surface area contributed by atoms with Crippen molar-refractivity contribution in [1.29, 1.82) is 0 Å². The van der Waals surface area contributed by atoms with Crippen LogP contribution in [0.4, 0.5) is 4.79 Å². The van der Waals surface area contributed by atoms with E-state index in [1.54, 1.807) is 0 Å². The van der Waals surface area contributed by atoms with E-state index in [0.29, 0.717) is 6.61 Å². The van der Waals surface area contributed by atoms with Crippen LogP contribution in [0.1, 0.15) is 116 Å². The summed E-state index contributed by atoms with van der Waals surface area (Å²) in [5.74, 6) is 0. The Balaban J connectivity index is 1.73. The van der Waals surface area contributed by atoms with Crippen molar-refractivity contribution in [2.75, 3.05) is 6.61 Å². The lowest BCUT2D eigenvalue weighted by molar-refractivity contribution is 0.125. The van der Waals surface area contributed by atoms with E-state index in [1.165, 1.54) is 109 Å². The summed E-state index contributed by atoms with van der Waals surface area (Å²) in [7, 11) is 0. The third kappa shape index (κ3) is 19.0. The monoisotopic (exact) mass is 444 g/mol. The van der Waals surface area contributed by atoms with Crippen LogP contribution in [0.2, 0.25) is 0 Å². The van der Waals surface area contributed by atoms with Gasteiger partial charge < -0.3 is 9.47 Å².